The molecule has 1 nitrogen and oxygen atoms in total. The zero-order chi connectivity index (χ0) is 5.70. The van der Waals surface area contributed by atoms with Crippen molar-refractivity contribution in [3.8, 4) is 0 Å². The van der Waals surface area contributed by atoms with Gasteiger partial charge in [-0.05, 0) is 6.92 Å². The highest BCUT2D eigenvalue weighted by atomic mass is 19.4. The first-order valence-corrected chi connectivity index (χ1v) is 1.97. The molecule has 0 aliphatic rings. The molecule has 0 aromatic rings. The highest BCUT2D eigenvalue weighted by Crippen LogP contribution is 1.86. The maximum absolute atomic E-state index is 11.0. The lowest BCUT2D eigenvalue weighted by atomic mass is 10.5. The number of rotatable bonds is 2. The molecule has 0 N–H and O–H groups in total. The first kappa shape index (κ1) is 6.56. The van der Waals surface area contributed by atoms with Gasteiger partial charge in [-0.1, -0.05) is 12.2 Å². The highest BCUT2D eigenvalue weighted by molar-refractivity contribution is 4.76. The second-order valence-electron chi connectivity index (χ2n) is 1.05. The number of hydrogen-bond acceptors (Lipinski definition) is 1. The molecule has 0 amide bonds. The summed E-state index contributed by atoms with van der Waals surface area (Å²) in [4.78, 5) is 0. The van der Waals surface area contributed by atoms with Crippen molar-refractivity contribution in [2.45, 2.75) is 6.92 Å². The molecule has 0 bridgehead atoms. The van der Waals surface area contributed by atoms with Gasteiger partial charge in [0, 0.05) is 5.34 Å². The molecule has 0 spiro atoms. The number of allylic oxidation sites excluding steroid dienone is 1. The Morgan fingerprint density at radius 2 is 2.14 bits per heavy atom. The predicted molar refractivity (Wildman–Crippen MR) is 23.7 cm³/mol. The molecule has 0 aliphatic carbocycles. The number of halogens is 2. The SMILES string of the molecule is CC=CCN(F)F. The summed E-state index contributed by atoms with van der Waals surface area (Å²) in [6.45, 7) is 1.42. The Bertz CT molecular complexity index is 60.7. The van der Waals surface area contributed by atoms with Crippen molar-refractivity contribution in [3.05, 3.63) is 12.2 Å². The third-order valence-corrected chi connectivity index (χ3v) is 0.479. The molecule has 0 aromatic heterocycles. The van der Waals surface area contributed by atoms with Gasteiger partial charge in [0.15, 0.2) is 0 Å². The molecule has 0 atom stereocenters. The average Bonchev–Trinajstić information content (AvgIpc) is 1.61. The van der Waals surface area contributed by atoms with E-state index in [1.807, 2.05) is 0 Å². The summed E-state index contributed by atoms with van der Waals surface area (Å²) in [7, 11) is 0. The summed E-state index contributed by atoms with van der Waals surface area (Å²) in [6.07, 6.45) is 2.95. The Hall–Kier alpha value is -0.440. The van der Waals surface area contributed by atoms with Crippen molar-refractivity contribution < 1.29 is 8.96 Å². The third kappa shape index (κ3) is 5.56. The van der Waals surface area contributed by atoms with Crippen LogP contribution in [0.5, 0.6) is 0 Å². The molecule has 0 fully saturated rings. The van der Waals surface area contributed by atoms with Crippen molar-refractivity contribution in [1.29, 1.82) is 0 Å². The summed E-state index contributed by atoms with van der Waals surface area (Å²) in [5.41, 5.74) is 0. The molecule has 0 rings (SSSR count). The Balaban J connectivity index is 2.97. The zero-order valence-electron chi connectivity index (χ0n) is 4.06. The largest absolute Gasteiger partial charge is 0.101 e. The normalized spacial score (nSPS) is 11.4. The van der Waals surface area contributed by atoms with Crippen molar-refractivity contribution in [2.24, 2.45) is 0 Å². The fourth-order valence-corrected chi connectivity index (χ4v) is 0.185. The first-order valence-electron chi connectivity index (χ1n) is 1.97. The van der Waals surface area contributed by atoms with E-state index < -0.39 is 5.34 Å². The lowest BCUT2D eigenvalue weighted by Crippen LogP contribution is -1.97. The minimum absolute atomic E-state index is 0.281. The smallest absolute Gasteiger partial charge is 0.0800 e. The van der Waals surface area contributed by atoms with Gasteiger partial charge < -0.3 is 0 Å². The molecular formula is C4H7F2N. The second kappa shape index (κ2) is 3.74. The Morgan fingerprint density at radius 1 is 1.57 bits per heavy atom. The van der Waals surface area contributed by atoms with Gasteiger partial charge in [0.1, 0.15) is 0 Å². The highest BCUT2D eigenvalue weighted by Gasteiger charge is 1.88. The maximum atomic E-state index is 11.0. The van der Waals surface area contributed by atoms with Gasteiger partial charge in [-0.15, -0.1) is 8.96 Å². The second-order valence-corrected chi connectivity index (χ2v) is 1.05. The van der Waals surface area contributed by atoms with Crippen LogP contribution in [0.3, 0.4) is 0 Å². The molecule has 0 unspecified atom stereocenters. The van der Waals surface area contributed by atoms with Crippen LogP contribution in [0.4, 0.5) is 8.96 Å². The summed E-state index contributed by atoms with van der Waals surface area (Å²) in [6, 6.07) is 0. The van der Waals surface area contributed by atoms with Gasteiger partial charge in [-0.25, -0.2) is 0 Å². The van der Waals surface area contributed by atoms with Crippen molar-refractivity contribution in [3.63, 3.8) is 0 Å². The predicted octanol–water partition coefficient (Wildman–Crippen LogP) is 1.63. The van der Waals surface area contributed by atoms with E-state index in [9.17, 15) is 8.96 Å². The zero-order valence-corrected chi connectivity index (χ0v) is 4.06. The minimum atomic E-state index is -0.875. The van der Waals surface area contributed by atoms with Crippen molar-refractivity contribution in [2.75, 3.05) is 6.54 Å². The van der Waals surface area contributed by atoms with Crippen LogP contribution in [-0.2, 0) is 0 Å². The molecule has 0 radical (unpaired) electrons. The third-order valence-electron chi connectivity index (χ3n) is 0.479. The molecule has 42 valence electrons. The average molecular weight is 107 g/mol. The maximum Gasteiger partial charge on any atom is 0.0800 e. The molecule has 0 aromatic carbocycles. The van der Waals surface area contributed by atoms with Crippen molar-refractivity contribution >= 4 is 0 Å². The fraction of sp³-hybridized carbons (Fsp3) is 0.500. The summed E-state index contributed by atoms with van der Waals surface area (Å²) in [5, 5.41) is -0.875. The van der Waals surface area contributed by atoms with Crippen LogP contribution in [0.25, 0.3) is 0 Å². The molecule has 0 aliphatic heterocycles. The van der Waals surface area contributed by atoms with E-state index in [1.165, 1.54) is 6.08 Å². The Labute approximate surface area is 41.1 Å². The van der Waals surface area contributed by atoms with E-state index in [0.717, 1.165) is 0 Å². The summed E-state index contributed by atoms with van der Waals surface area (Å²) in [5.74, 6) is 0. The van der Waals surface area contributed by atoms with Gasteiger partial charge in [0.25, 0.3) is 0 Å². The summed E-state index contributed by atoms with van der Waals surface area (Å²) >= 11 is 0. The van der Waals surface area contributed by atoms with Crippen LogP contribution in [0.15, 0.2) is 12.2 Å². The van der Waals surface area contributed by atoms with Gasteiger partial charge in [-0.2, -0.15) is 0 Å². The fourth-order valence-electron chi connectivity index (χ4n) is 0.185. The quantitative estimate of drug-likeness (QED) is 0.383. The topological polar surface area (TPSA) is 3.24 Å². The molecule has 0 heterocycles. The molecule has 0 saturated heterocycles. The lowest BCUT2D eigenvalue weighted by Gasteiger charge is -1.89. The van der Waals surface area contributed by atoms with E-state index in [4.69, 9.17) is 0 Å². The molecular weight excluding hydrogens is 100 g/mol. The van der Waals surface area contributed by atoms with E-state index in [-0.39, 0.29) is 6.54 Å². The Kier molecular flexibility index (Phi) is 3.50. The van der Waals surface area contributed by atoms with Crippen LogP contribution < -0.4 is 0 Å². The van der Waals surface area contributed by atoms with Gasteiger partial charge in [0.05, 0.1) is 6.54 Å². The monoisotopic (exact) mass is 107 g/mol. The van der Waals surface area contributed by atoms with E-state index in [0.29, 0.717) is 0 Å². The van der Waals surface area contributed by atoms with Crippen LogP contribution >= 0.6 is 0 Å². The van der Waals surface area contributed by atoms with Gasteiger partial charge in [0.2, 0.25) is 0 Å². The van der Waals surface area contributed by atoms with E-state index in [1.54, 1.807) is 13.0 Å². The van der Waals surface area contributed by atoms with Gasteiger partial charge >= 0.3 is 0 Å². The van der Waals surface area contributed by atoms with Gasteiger partial charge in [-0.3, -0.25) is 0 Å². The van der Waals surface area contributed by atoms with Crippen molar-refractivity contribution in [1.82, 2.24) is 5.34 Å². The van der Waals surface area contributed by atoms with Crippen LogP contribution in [0, 0.1) is 0 Å². The number of hydrogen-bond donors (Lipinski definition) is 0. The minimum Gasteiger partial charge on any atom is -0.101 e. The summed E-state index contributed by atoms with van der Waals surface area (Å²) < 4.78 is 22.0. The van der Waals surface area contributed by atoms with Crippen LogP contribution in [0.1, 0.15) is 6.92 Å². The van der Waals surface area contributed by atoms with E-state index >= 15 is 0 Å². The van der Waals surface area contributed by atoms with Crippen LogP contribution in [0.2, 0.25) is 0 Å². The molecule has 0 saturated carbocycles. The standard InChI is InChI=1S/C4H7F2N/c1-2-3-4-7(5)6/h2-3H,4H2,1H3. The first-order chi connectivity index (χ1) is 3.27. The molecule has 3 heteroatoms. The lowest BCUT2D eigenvalue weighted by molar-refractivity contribution is -0.142. The van der Waals surface area contributed by atoms with E-state index in [2.05, 4.69) is 0 Å². The molecule has 7 heavy (non-hydrogen) atoms. The Morgan fingerprint density at radius 3 is 2.29 bits per heavy atom. The number of nitrogens with zero attached hydrogens (tertiary/aromatic N) is 1. The van der Waals surface area contributed by atoms with Crippen LogP contribution in [-0.4, -0.2) is 11.9 Å².